The van der Waals surface area contributed by atoms with E-state index in [-0.39, 0.29) is 25.1 Å². The van der Waals surface area contributed by atoms with E-state index in [4.69, 9.17) is 0 Å². The highest BCUT2D eigenvalue weighted by atomic mass is 19.4. The number of nitrogens with zero attached hydrogens (tertiary/aromatic N) is 2. The number of hydrogen-bond acceptors (Lipinski definition) is 4. The molecule has 2 aromatic carbocycles. The minimum atomic E-state index is -4.54. The van der Waals surface area contributed by atoms with Crippen LogP contribution in [0.15, 0.2) is 54.6 Å². The summed E-state index contributed by atoms with van der Waals surface area (Å²) in [6, 6.07) is 10.3. The van der Waals surface area contributed by atoms with Gasteiger partial charge in [-0.1, -0.05) is 63.9 Å². The standard InChI is InChI=1S/C30H37F3N4O5/c1-5-6-12-23(25(38)26(39)34-19(2)20-10-8-7-9-11-20)37(28(41)42)24-17-29(3,4)18-36(24)27(40)35-22-15-13-21(14-16-22)30(31,32)33/h7-11,13-16,19,23-24H,5-6,12,17-18H2,1-4H3,(H,34,39)(H,35,40)(H,41,42)/t19-,23+,24?/m1/s1. The van der Waals surface area contributed by atoms with Gasteiger partial charge in [0.25, 0.3) is 5.91 Å². The summed E-state index contributed by atoms with van der Waals surface area (Å²) >= 11 is 0. The highest BCUT2D eigenvalue weighted by Gasteiger charge is 2.48. The third kappa shape index (κ3) is 8.01. The fourth-order valence-electron chi connectivity index (χ4n) is 5.14. The van der Waals surface area contributed by atoms with Gasteiger partial charge in [0.05, 0.1) is 11.6 Å². The minimum absolute atomic E-state index is 0.0695. The SMILES string of the molecule is CCCC[C@@H](C(=O)C(=O)N[C@H](C)c1ccccc1)N(C(=O)O)C1CC(C)(C)CN1C(=O)Nc1ccc(C(F)(F)F)cc1. The molecule has 0 spiro atoms. The Bertz CT molecular complexity index is 1270. The molecule has 3 rings (SSSR count). The number of carboxylic acid groups (broad SMARTS) is 1. The molecule has 3 N–H and O–H groups in total. The van der Waals surface area contributed by atoms with E-state index in [1.165, 1.54) is 4.90 Å². The lowest BCUT2D eigenvalue weighted by Crippen LogP contribution is -2.58. The second-order valence-corrected chi connectivity index (χ2v) is 11.3. The van der Waals surface area contributed by atoms with Crippen molar-refractivity contribution in [2.45, 2.75) is 77.8 Å². The first-order valence-corrected chi connectivity index (χ1v) is 13.8. The minimum Gasteiger partial charge on any atom is -0.465 e. The Hall–Kier alpha value is -4.09. The van der Waals surface area contributed by atoms with Gasteiger partial charge in [-0.3, -0.25) is 14.5 Å². The van der Waals surface area contributed by atoms with E-state index in [0.29, 0.717) is 12.8 Å². The van der Waals surface area contributed by atoms with Crippen molar-refractivity contribution in [3.63, 3.8) is 0 Å². The Morgan fingerprint density at radius 3 is 2.24 bits per heavy atom. The van der Waals surface area contributed by atoms with E-state index in [1.54, 1.807) is 31.2 Å². The summed E-state index contributed by atoms with van der Waals surface area (Å²) in [5.41, 5.74) is -0.582. The second kappa shape index (κ2) is 13.3. The largest absolute Gasteiger partial charge is 0.465 e. The van der Waals surface area contributed by atoms with E-state index in [2.05, 4.69) is 10.6 Å². The Kier molecular flexibility index (Phi) is 10.2. The molecule has 1 saturated heterocycles. The summed E-state index contributed by atoms with van der Waals surface area (Å²) in [5.74, 6) is -1.86. The number of alkyl halides is 3. The van der Waals surface area contributed by atoms with Crippen molar-refractivity contribution in [1.29, 1.82) is 0 Å². The van der Waals surface area contributed by atoms with Crippen LogP contribution in [0.25, 0.3) is 0 Å². The smallest absolute Gasteiger partial charge is 0.416 e. The molecule has 3 atom stereocenters. The van der Waals surface area contributed by atoms with Gasteiger partial charge in [0, 0.05) is 12.2 Å². The van der Waals surface area contributed by atoms with E-state index < -0.39 is 59.2 Å². The van der Waals surface area contributed by atoms with Crippen LogP contribution in [0.3, 0.4) is 0 Å². The number of urea groups is 1. The third-order valence-corrected chi connectivity index (χ3v) is 7.30. The maximum absolute atomic E-state index is 13.5. The summed E-state index contributed by atoms with van der Waals surface area (Å²) in [6.45, 7) is 7.36. The molecule has 0 aliphatic carbocycles. The number of hydrogen-bond donors (Lipinski definition) is 3. The highest BCUT2D eigenvalue weighted by molar-refractivity contribution is 6.38. The van der Waals surface area contributed by atoms with Crippen molar-refractivity contribution >= 4 is 29.5 Å². The molecule has 9 nitrogen and oxygen atoms in total. The van der Waals surface area contributed by atoms with Crippen molar-refractivity contribution in [2.75, 3.05) is 11.9 Å². The number of nitrogens with one attached hydrogen (secondary N) is 2. The van der Waals surface area contributed by atoms with Gasteiger partial charge in [-0.2, -0.15) is 13.2 Å². The summed E-state index contributed by atoms with van der Waals surface area (Å²) in [4.78, 5) is 54.8. The summed E-state index contributed by atoms with van der Waals surface area (Å²) in [5, 5.41) is 15.5. The fourth-order valence-corrected chi connectivity index (χ4v) is 5.14. The number of ketones is 1. The first-order valence-electron chi connectivity index (χ1n) is 13.8. The van der Waals surface area contributed by atoms with E-state index >= 15 is 0 Å². The highest BCUT2D eigenvalue weighted by Crippen LogP contribution is 2.38. The molecule has 42 heavy (non-hydrogen) atoms. The topological polar surface area (TPSA) is 119 Å². The molecule has 1 heterocycles. The molecule has 0 bridgehead atoms. The van der Waals surface area contributed by atoms with Gasteiger partial charge < -0.3 is 20.6 Å². The number of carbonyl (C=O) groups excluding carboxylic acids is 3. The predicted octanol–water partition coefficient (Wildman–Crippen LogP) is 6.28. The van der Waals surface area contributed by atoms with Gasteiger partial charge in [-0.15, -0.1) is 0 Å². The molecule has 1 aliphatic rings. The molecule has 0 saturated carbocycles. The molecule has 1 fully saturated rings. The fraction of sp³-hybridized carbons (Fsp3) is 0.467. The third-order valence-electron chi connectivity index (χ3n) is 7.30. The number of amides is 4. The molecule has 12 heteroatoms. The van der Waals surface area contributed by atoms with Crippen molar-refractivity contribution in [1.82, 2.24) is 15.1 Å². The number of rotatable bonds is 10. The van der Waals surface area contributed by atoms with Crippen LogP contribution in [0.5, 0.6) is 0 Å². The lowest BCUT2D eigenvalue weighted by Gasteiger charge is -2.37. The summed E-state index contributed by atoms with van der Waals surface area (Å²) in [7, 11) is 0. The lowest BCUT2D eigenvalue weighted by molar-refractivity contribution is -0.142. The zero-order chi connectivity index (χ0) is 31.2. The number of halogens is 3. The van der Waals surface area contributed by atoms with Crippen LogP contribution < -0.4 is 10.6 Å². The van der Waals surface area contributed by atoms with E-state index in [9.17, 15) is 37.5 Å². The van der Waals surface area contributed by atoms with Crippen molar-refractivity contribution in [3.05, 3.63) is 65.7 Å². The van der Waals surface area contributed by atoms with Crippen LogP contribution in [-0.4, -0.2) is 57.5 Å². The molecule has 0 aromatic heterocycles. The molecule has 2 aromatic rings. The molecule has 1 unspecified atom stereocenters. The van der Waals surface area contributed by atoms with Crippen LogP contribution in [-0.2, 0) is 15.8 Å². The molecular formula is C30H37F3N4O5. The lowest BCUT2D eigenvalue weighted by atomic mass is 9.91. The Labute approximate surface area is 243 Å². The first-order chi connectivity index (χ1) is 19.6. The van der Waals surface area contributed by atoms with Gasteiger partial charge in [-0.05, 0) is 55.0 Å². The first kappa shape index (κ1) is 32.4. The molecule has 4 amide bonds. The number of carbonyl (C=O) groups is 4. The van der Waals surface area contributed by atoms with Crippen LogP contribution in [0.4, 0.5) is 28.4 Å². The Morgan fingerprint density at radius 2 is 1.69 bits per heavy atom. The van der Waals surface area contributed by atoms with Crippen LogP contribution in [0, 0.1) is 5.41 Å². The number of benzene rings is 2. The molecule has 0 radical (unpaired) electrons. The van der Waals surface area contributed by atoms with Crippen molar-refractivity contribution in [3.8, 4) is 0 Å². The molecule has 1 aliphatic heterocycles. The Balaban J connectivity index is 1.88. The predicted molar refractivity (Wildman–Crippen MR) is 151 cm³/mol. The normalized spacial score (nSPS) is 17.7. The quantitative estimate of drug-likeness (QED) is 0.282. The van der Waals surface area contributed by atoms with E-state index in [1.807, 2.05) is 26.8 Å². The number of Topliss-reactive ketones (excluding diaryl/α,β-unsaturated/α-hetero) is 1. The van der Waals surface area contributed by atoms with Crippen molar-refractivity contribution < 1.29 is 37.5 Å². The van der Waals surface area contributed by atoms with E-state index in [0.717, 1.165) is 34.7 Å². The number of unbranched alkanes of at least 4 members (excludes halogenated alkanes) is 1. The number of anilines is 1. The van der Waals surface area contributed by atoms with Crippen LogP contribution >= 0.6 is 0 Å². The monoisotopic (exact) mass is 590 g/mol. The zero-order valence-corrected chi connectivity index (χ0v) is 24.1. The van der Waals surface area contributed by atoms with Crippen LogP contribution in [0.1, 0.15) is 70.5 Å². The van der Waals surface area contributed by atoms with Gasteiger partial charge >= 0.3 is 18.3 Å². The van der Waals surface area contributed by atoms with Gasteiger partial charge in [0.2, 0.25) is 5.78 Å². The van der Waals surface area contributed by atoms with Crippen LogP contribution in [0.2, 0.25) is 0 Å². The van der Waals surface area contributed by atoms with Crippen molar-refractivity contribution in [2.24, 2.45) is 5.41 Å². The number of likely N-dealkylation sites (tertiary alicyclic amines) is 1. The maximum Gasteiger partial charge on any atom is 0.416 e. The molecular weight excluding hydrogens is 553 g/mol. The second-order valence-electron chi connectivity index (χ2n) is 11.3. The average molecular weight is 591 g/mol. The molecule has 228 valence electrons. The summed E-state index contributed by atoms with van der Waals surface area (Å²) in [6.07, 6.45) is -5.78. The maximum atomic E-state index is 13.5. The van der Waals surface area contributed by atoms with Gasteiger partial charge in [-0.25, -0.2) is 9.59 Å². The average Bonchev–Trinajstić information content (AvgIpc) is 3.25. The Morgan fingerprint density at radius 1 is 1.07 bits per heavy atom. The zero-order valence-electron chi connectivity index (χ0n) is 24.1. The van der Waals surface area contributed by atoms with Gasteiger partial charge in [0.1, 0.15) is 12.2 Å². The van der Waals surface area contributed by atoms with Gasteiger partial charge in [0.15, 0.2) is 0 Å². The summed E-state index contributed by atoms with van der Waals surface area (Å²) < 4.78 is 38.9.